The Hall–Kier alpha value is -4.05. The Balaban J connectivity index is 1.96. The maximum absolute atomic E-state index is 13.7. The van der Waals surface area contributed by atoms with Crippen molar-refractivity contribution in [2.45, 2.75) is 18.7 Å². The van der Waals surface area contributed by atoms with E-state index in [4.69, 9.17) is 9.47 Å². The molecule has 0 aromatic heterocycles. The summed E-state index contributed by atoms with van der Waals surface area (Å²) in [5.41, 5.74) is 2.06. The van der Waals surface area contributed by atoms with E-state index in [0.717, 1.165) is 9.87 Å². The number of nitrogens with zero attached hydrogens (tertiary/aromatic N) is 1. The van der Waals surface area contributed by atoms with Gasteiger partial charge in [0.05, 0.1) is 24.8 Å². The van der Waals surface area contributed by atoms with Crippen LogP contribution in [0.1, 0.15) is 12.5 Å². The lowest BCUT2D eigenvalue weighted by molar-refractivity contribution is -0.115. The molecular formula is C25H27N3O6S. The van der Waals surface area contributed by atoms with E-state index >= 15 is 0 Å². The van der Waals surface area contributed by atoms with Crippen molar-refractivity contribution in [2.75, 3.05) is 35.7 Å². The number of aryl methyl sites for hydroxylation is 1. The van der Waals surface area contributed by atoms with Crippen molar-refractivity contribution in [1.82, 2.24) is 0 Å². The first-order valence-corrected chi connectivity index (χ1v) is 12.1. The summed E-state index contributed by atoms with van der Waals surface area (Å²) >= 11 is 0. The minimum Gasteiger partial charge on any atom is -0.497 e. The largest absolute Gasteiger partial charge is 0.497 e. The molecule has 2 amide bonds. The highest BCUT2D eigenvalue weighted by molar-refractivity contribution is 7.92. The van der Waals surface area contributed by atoms with Gasteiger partial charge in [0.25, 0.3) is 10.0 Å². The Kier molecular flexibility index (Phi) is 7.98. The Morgan fingerprint density at radius 2 is 1.46 bits per heavy atom. The highest BCUT2D eigenvalue weighted by Crippen LogP contribution is 2.35. The standard InChI is InChI=1S/C25H27N3O6S/c1-17-5-12-22(13-6-17)35(31,32)28(23-15-21(33-3)11-14-24(23)34-4)16-25(30)27-20-9-7-19(8-10-20)26-18(2)29/h5-15H,16H2,1-4H3,(H,26,29)(H,27,30). The van der Waals surface area contributed by atoms with E-state index in [1.165, 1.54) is 39.3 Å². The van der Waals surface area contributed by atoms with Crippen molar-refractivity contribution in [1.29, 1.82) is 0 Å². The topological polar surface area (TPSA) is 114 Å². The van der Waals surface area contributed by atoms with Gasteiger partial charge >= 0.3 is 0 Å². The van der Waals surface area contributed by atoms with Crippen LogP contribution in [0.15, 0.2) is 71.6 Å². The highest BCUT2D eigenvalue weighted by atomic mass is 32.2. The van der Waals surface area contributed by atoms with E-state index in [1.54, 1.807) is 48.5 Å². The maximum atomic E-state index is 13.7. The van der Waals surface area contributed by atoms with Gasteiger partial charge in [-0.05, 0) is 55.5 Å². The number of carbonyl (C=O) groups excluding carboxylic acids is 2. The lowest BCUT2D eigenvalue weighted by atomic mass is 10.2. The molecule has 184 valence electrons. The van der Waals surface area contributed by atoms with Crippen LogP contribution in [0.2, 0.25) is 0 Å². The number of ether oxygens (including phenoxy) is 2. The van der Waals surface area contributed by atoms with Gasteiger partial charge in [-0.15, -0.1) is 0 Å². The molecule has 0 aliphatic rings. The SMILES string of the molecule is COc1ccc(OC)c(N(CC(=O)Nc2ccc(NC(C)=O)cc2)S(=O)(=O)c2ccc(C)cc2)c1. The van der Waals surface area contributed by atoms with E-state index in [0.29, 0.717) is 17.1 Å². The number of carbonyl (C=O) groups is 2. The molecule has 0 unspecified atom stereocenters. The maximum Gasteiger partial charge on any atom is 0.264 e. The molecule has 0 aliphatic heterocycles. The number of rotatable bonds is 9. The number of hydrogen-bond acceptors (Lipinski definition) is 6. The fourth-order valence-corrected chi connectivity index (χ4v) is 4.72. The van der Waals surface area contributed by atoms with Crippen LogP contribution in [0.25, 0.3) is 0 Å². The molecule has 0 saturated carbocycles. The van der Waals surface area contributed by atoms with Gasteiger partial charge in [-0.3, -0.25) is 13.9 Å². The number of hydrogen-bond donors (Lipinski definition) is 2. The van der Waals surface area contributed by atoms with Crippen LogP contribution in [0.3, 0.4) is 0 Å². The molecule has 0 heterocycles. The van der Waals surface area contributed by atoms with E-state index in [9.17, 15) is 18.0 Å². The number of methoxy groups -OCH3 is 2. The summed E-state index contributed by atoms with van der Waals surface area (Å²) in [6.45, 7) is 2.72. The minimum absolute atomic E-state index is 0.0282. The van der Waals surface area contributed by atoms with Gasteiger partial charge in [-0.1, -0.05) is 17.7 Å². The molecule has 0 aliphatic carbocycles. The second-order valence-corrected chi connectivity index (χ2v) is 9.53. The van der Waals surface area contributed by atoms with Crippen molar-refractivity contribution in [3.05, 3.63) is 72.3 Å². The zero-order valence-electron chi connectivity index (χ0n) is 19.9. The first kappa shape index (κ1) is 25.6. The summed E-state index contributed by atoms with van der Waals surface area (Å²) in [4.78, 5) is 24.2. The third-order valence-corrected chi connectivity index (χ3v) is 6.81. The lowest BCUT2D eigenvalue weighted by Crippen LogP contribution is -2.38. The predicted molar refractivity (Wildman–Crippen MR) is 135 cm³/mol. The van der Waals surface area contributed by atoms with E-state index in [1.807, 2.05) is 6.92 Å². The molecule has 0 atom stereocenters. The summed E-state index contributed by atoms with van der Waals surface area (Å²) in [6.07, 6.45) is 0. The van der Waals surface area contributed by atoms with Crippen LogP contribution in [0.5, 0.6) is 11.5 Å². The molecule has 0 saturated heterocycles. The number of anilines is 3. The summed E-state index contributed by atoms with van der Waals surface area (Å²) < 4.78 is 39.0. The number of sulfonamides is 1. The van der Waals surface area contributed by atoms with Crippen molar-refractivity contribution >= 4 is 38.9 Å². The Bertz CT molecular complexity index is 1310. The fraction of sp³-hybridized carbons (Fsp3) is 0.200. The average molecular weight is 498 g/mol. The van der Waals surface area contributed by atoms with Crippen molar-refractivity contribution in [3.8, 4) is 11.5 Å². The third-order valence-electron chi connectivity index (χ3n) is 5.04. The first-order chi connectivity index (χ1) is 16.6. The third kappa shape index (κ3) is 6.30. The molecule has 9 nitrogen and oxygen atoms in total. The molecule has 0 bridgehead atoms. The quantitative estimate of drug-likeness (QED) is 0.465. The summed E-state index contributed by atoms with van der Waals surface area (Å²) in [6, 6.07) is 17.5. The second kappa shape index (κ2) is 10.9. The zero-order valence-corrected chi connectivity index (χ0v) is 20.7. The van der Waals surface area contributed by atoms with E-state index < -0.39 is 22.5 Å². The smallest absolute Gasteiger partial charge is 0.264 e. The lowest BCUT2D eigenvalue weighted by Gasteiger charge is -2.26. The van der Waals surface area contributed by atoms with Crippen LogP contribution in [0.4, 0.5) is 17.1 Å². The normalized spacial score (nSPS) is 10.9. The Morgan fingerprint density at radius 1 is 0.857 bits per heavy atom. The van der Waals surface area contributed by atoms with Crippen molar-refractivity contribution in [2.24, 2.45) is 0 Å². The molecule has 10 heteroatoms. The molecule has 2 N–H and O–H groups in total. The average Bonchev–Trinajstić information content (AvgIpc) is 2.83. The number of amides is 2. The van der Waals surface area contributed by atoms with Gasteiger partial charge in [-0.2, -0.15) is 0 Å². The van der Waals surface area contributed by atoms with Crippen LogP contribution in [-0.2, 0) is 19.6 Å². The molecular weight excluding hydrogens is 470 g/mol. The van der Waals surface area contributed by atoms with Gasteiger partial charge in [0.15, 0.2) is 0 Å². The molecule has 3 rings (SSSR count). The zero-order chi connectivity index (χ0) is 25.6. The van der Waals surface area contributed by atoms with Crippen molar-refractivity contribution in [3.63, 3.8) is 0 Å². The van der Waals surface area contributed by atoms with Crippen molar-refractivity contribution < 1.29 is 27.5 Å². The molecule has 3 aromatic rings. The number of nitrogens with one attached hydrogen (secondary N) is 2. The van der Waals surface area contributed by atoms with Gasteiger partial charge in [0, 0.05) is 24.4 Å². The number of benzene rings is 3. The summed E-state index contributed by atoms with van der Waals surface area (Å²) in [5, 5.41) is 5.33. The molecule has 0 fully saturated rings. The summed E-state index contributed by atoms with van der Waals surface area (Å²) in [5.74, 6) is -0.128. The molecule has 0 radical (unpaired) electrons. The van der Waals surface area contributed by atoms with Crippen LogP contribution >= 0.6 is 0 Å². The Labute approximate surface area is 204 Å². The fourth-order valence-electron chi connectivity index (χ4n) is 3.30. The molecule has 3 aromatic carbocycles. The molecule has 35 heavy (non-hydrogen) atoms. The van der Waals surface area contributed by atoms with Gasteiger partial charge in [-0.25, -0.2) is 8.42 Å². The highest BCUT2D eigenvalue weighted by Gasteiger charge is 2.30. The monoisotopic (exact) mass is 497 g/mol. The Morgan fingerprint density at radius 3 is 2.00 bits per heavy atom. The van der Waals surface area contributed by atoms with Gasteiger partial charge in [0.1, 0.15) is 18.0 Å². The molecule has 0 spiro atoms. The van der Waals surface area contributed by atoms with Crippen LogP contribution < -0.4 is 24.4 Å². The van der Waals surface area contributed by atoms with Gasteiger partial charge < -0.3 is 20.1 Å². The van der Waals surface area contributed by atoms with Crippen LogP contribution in [0, 0.1) is 6.92 Å². The van der Waals surface area contributed by atoms with Crippen LogP contribution in [-0.4, -0.2) is 41.0 Å². The van der Waals surface area contributed by atoms with Gasteiger partial charge in [0.2, 0.25) is 11.8 Å². The first-order valence-electron chi connectivity index (χ1n) is 10.6. The summed E-state index contributed by atoms with van der Waals surface area (Å²) in [7, 11) is -1.27. The van der Waals surface area contributed by atoms with E-state index in [2.05, 4.69) is 10.6 Å². The second-order valence-electron chi connectivity index (χ2n) is 7.67. The van der Waals surface area contributed by atoms with E-state index in [-0.39, 0.29) is 22.2 Å². The minimum atomic E-state index is -4.15. The predicted octanol–water partition coefficient (Wildman–Crippen LogP) is 3.80.